The second-order valence-corrected chi connectivity index (χ2v) is 4.24. The number of rotatable bonds is 5. The highest BCUT2D eigenvalue weighted by atomic mass is 19.1. The van der Waals surface area contributed by atoms with Crippen molar-refractivity contribution >= 4 is 17.5 Å². The van der Waals surface area contributed by atoms with Crippen LogP contribution in [-0.4, -0.2) is 27.6 Å². The van der Waals surface area contributed by atoms with Crippen molar-refractivity contribution in [3.8, 4) is 0 Å². The third-order valence-electron chi connectivity index (χ3n) is 2.56. The van der Waals surface area contributed by atoms with Gasteiger partial charge in [-0.2, -0.15) is 5.10 Å². The largest absolute Gasteiger partial charge is 0.369 e. The van der Waals surface area contributed by atoms with Crippen LogP contribution < -0.4 is 16.2 Å². The first kappa shape index (κ1) is 14.6. The van der Waals surface area contributed by atoms with E-state index in [2.05, 4.69) is 25.8 Å². The number of carbonyl (C=O) groups excluding carboxylic acids is 1. The summed E-state index contributed by atoms with van der Waals surface area (Å²) in [5.41, 5.74) is -0.317. The Labute approximate surface area is 119 Å². The summed E-state index contributed by atoms with van der Waals surface area (Å²) < 4.78 is 13.3. The smallest absolute Gasteiger partial charge is 0.264 e. The monoisotopic (exact) mass is 291 g/mol. The number of hydrogen-bond donors (Lipinski definition) is 3. The highest BCUT2D eigenvalue weighted by Crippen LogP contribution is 2.15. The number of nitrogens with zero attached hydrogens (tertiary/aromatic N) is 2. The minimum absolute atomic E-state index is 0.0662. The Kier molecular flexibility index (Phi) is 4.60. The summed E-state index contributed by atoms with van der Waals surface area (Å²) in [6, 6.07) is 3.66. The Morgan fingerprint density at radius 2 is 2.24 bits per heavy atom. The molecule has 0 spiro atoms. The molecule has 0 aromatic carbocycles. The molecule has 0 fully saturated rings. The molecule has 110 valence electrons. The number of aromatic nitrogens is 3. The number of anilines is 2. The number of amides is 1. The summed E-state index contributed by atoms with van der Waals surface area (Å²) in [7, 11) is 0. The lowest BCUT2D eigenvalue weighted by molar-refractivity contribution is 0.102. The molecular formula is C13H14FN5O2. The molecule has 2 heterocycles. The van der Waals surface area contributed by atoms with E-state index in [4.69, 9.17) is 0 Å². The number of hydrogen-bond acceptors (Lipinski definition) is 5. The van der Waals surface area contributed by atoms with Gasteiger partial charge >= 0.3 is 0 Å². The van der Waals surface area contributed by atoms with Crippen LogP contribution in [0.4, 0.5) is 16.0 Å². The van der Waals surface area contributed by atoms with Gasteiger partial charge < -0.3 is 10.6 Å². The fraction of sp³-hybridized carbons (Fsp3) is 0.231. The molecule has 3 N–H and O–H groups in total. The van der Waals surface area contributed by atoms with E-state index in [9.17, 15) is 14.0 Å². The van der Waals surface area contributed by atoms with Gasteiger partial charge in [-0.15, -0.1) is 0 Å². The Morgan fingerprint density at radius 1 is 1.43 bits per heavy atom. The number of carbonyl (C=O) groups is 1. The fourth-order valence-corrected chi connectivity index (χ4v) is 1.59. The average Bonchev–Trinajstić information content (AvgIpc) is 2.48. The first-order chi connectivity index (χ1) is 10.1. The minimum atomic E-state index is -0.614. The molecule has 0 saturated heterocycles. The Hall–Kier alpha value is -2.77. The van der Waals surface area contributed by atoms with Crippen LogP contribution >= 0.6 is 0 Å². The molecule has 0 aliphatic carbocycles. The molecular weight excluding hydrogens is 277 g/mol. The highest BCUT2D eigenvalue weighted by Gasteiger charge is 2.14. The van der Waals surface area contributed by atoms with E-state index in [1.165, 1.54) is 12.1 Å². The summed E-state index contributed by atoms with van der Waals surface area (Å²) in [5, 5.41) is 11.3. The van der Waals surface area contributed by atoms with Gasteiger partial charge in [-0.25, -0.2) is 14.5 Å². The minimum Gasteiger partial charge on any atom is -0.369 e. The van der Waals surface area contributed by atoms with Crippen molar-refractivity contribution < 1.29 is 9.18 Å². The van der Waals surface area contributed by atoms with Crippen LogP contribution in [0, 0.1) is 5.82 Å². The van der Waals surface area contributed by atoms with Gasteiger partial charge in [-0.1, -0.05) is 6.92 Å². The Morgan fingerprint density at radius 3 is 2.90 bits per heavy atom. The van der Waals surface area contributed by atoms with Crippen LogP contribution in [0.1, 0.15) is 23.7 Å². The van der Waals surface area contributed by atoms with Crippen molar-refractivity contribution in [3.63, 3.8) is 0 Å². The molecule has 0 saturated carbocycles. The standard InChI is InChI=1S/C13H14FN5O2/c1-2-5-15-12-9(6-8(14)7-16-12)13(21)17-10-3-4-11(20)19-18-10/h3-4,6-7H,2,5H2,1H3,(H,15,16)(H,19,20)(H,17,18,21). The van der Waals surface area contributed by atoms with E-state index in [1.807, 2.05) is 6.92 Å². The molecule has 7 nitrogen and oxygen atoms in total. The number of pyridine rings is 1. The molecule has 2 rings (SSSR count). The van der Waals surface area contributed by atoms with Gasteiger partial charge in [0.05, 0.1) is 11.8 Å². The average molecular weight is 291 g/mol. The molecule has 8 heteroatoms. The first-order valence-electron chi connectivity index (χ1n) is 6.36. The zero-order valence-electron chi connectivity index (χ0n) is 11.3. The van der Waals surface area contributed by atoms with Crippen molar-refractivity contribution in [3.05, 3.63) is 46.1 Å². The maximum Gasteiger partial charge on any atom is 0.264 e. The van der Waals surface area contributed by atoms with Crippen LogP contribution in [0.2, 0.25) is 0 Å². The van der Waals surface area contributed by atoms with E-state index < -0.39 is 11.7 Å². The van der Waals surface area contributed by atoms with Crippen molar-refractivity contribution in [1.82, 2.24) is 15.2 Å². The van der Waals surface area contributed by atoms with E-state index in [-0.39, 0.29) is 16.9 Å². The highest BCUT2D eigenvalue weighted by molar-refractivity contribution is 6.06. The topological polar surface area (TPSA) is 99.8 Å². The molecule has 0 aliphatic rings. The lowest BCUT2D eigenvalue weighted by atomic mass is 10.2. The molecule has 2 aromatic heterocycles. The maximum absolute atomic E-state index is 13.3. The van der Waals surface area contributed by atoms with Crippen molar-refractivity contribution in [2.45, 2.75) is 13.3 Å². The molecule has 0 aliphatic heterocycles. The van der Waals surface area contributed by atoms with E-state index >= 15 is 0 Å². The van der Waals surface area contributed by atoms with E-state index in [1.54, 1.807) is 0 Å². The van der Waals surface area contributed by atoms with Crippen molar-refractivity contribution in [2.24, 2.45) is 0 Å². The summed E-state index contributed by atoms with van der Waals surface area (Å²) in [6.07, 6.45) is 1.87. The van der Waals surface area contributed by atoms with Gasteiger partial charge in [0.1, 0.15) is 11.6 Å². The van der Waals surface area contributed by atoms with Crippen molar-refractivity contribution in [2.75, 3.05) is 17.2 Å². The van der Waals surface area contributed by atoms with Gasteiger partial charge in [0.25, 0.3) is 11.5 Å². The summed E-state index contributed by atoms with van der Waals surface area (Å²) >= 11 is 0. The molecule has 0 unspecified atom stereocenters. The zero-order chi connectivity index (χ0) is 15.2. The van der Waals surface area contributed by atoms with Crippen LogP contribution in [0.25, 0.3) is 0 Å². The van der Waals surface area contributed by atoms with Crippen LogP contribution in [-0.2, 0) is 0 Å². The van der Waals surface area contributed by atoms with E-state index in [0.717, 1.165) is 18.7 Å². The SMILES string of the molecule is CCCNc1ncc(F)cc1C(=O)Nc1ccc(=O)[nH]n1. The summed E-state index contributed by atoms with van der Waals surface area (Å²) in [4.78, 5) is 26.9. The first-order valence-corrected chi connectivity index (χ1v) is 6.36. The number of H-pyrrole nitrogens is 1. The lowest BCUT2D eigenvalue weighted by Gasteiger charge is -2.10. The molecule has 2 aromatic rings. The molecule has 1 amide bonds. The normalized spacial score (nSPS) is 10.2. The predicted molar refractivity (Wildman–Crippen MR) is 75.8 cm³/mol. The number of nitrogens with one attached hydrogen (secondary N) is 3. The molecule has 0 atom stereocenters. The molecule has 0 radical (unpaired) electrons. The zero-order valence-corrected chi connectivity index (χ0v) is 11.3. The second-order valence-electron chi connectivity index (χ2n) is 4.24. The van der Waals surface area contributed by atoms with E-state index in [0.29, 0.717) is 12.4 Å². The van der Waals surface area contributed by atoms with Crippen LogP contribution in [0.3, 0.4) is 0 Å². The summed E-state index contributed by atoms with van der Waals surface area (Å²) in [5.74, 6) is -0.734. The predicted octanol–water partition coefficient (Wildman–Crippen LogP) is 1.38. The third-order valence-corrected chi connectivity index (χ3v) is 2.56. The van der Waals surface area contributed by atoms with Crippen LogP contribution in [0.5, 0.6) is 0 Å². The lowest BCUT2D eigenvalue weighted by Crippen LogP contribution is -2.18. The quantitative estimate of drug-likeness (QED) is 0.772. The fourth-order valence-electron chi connectivity index (χ4n) is 1.59. The maximum atomic E-state index is 13.3. The summed E-state index contributed by atoms with van der Waals surface area (Å²) in [6.45, 7) is 2.57. The number of aromatic amines is 1. The Balaban J connectivity index is 2.22. The second kappa shape index (κ2) is 6.60. The molecule has 21 heavy (non-hydrogen) atoms. The van der Waals surface area contributed by atoms with Gasteiger partial charge in [0.15, 0.2) is 5.82 Å². The van der Waals surface area contributed by atoms with Gasteiger partial charge in [0.2, 0.25) is 0 Å². The van der Waals surface area contributed by atoms with Gasteiger partial charge in [-0.3, -0.25) is 9.59 Å². The van der Waals surface area contributed by atoms with Crippen LogP contribution in [0.15, 0.2) is 29.2 Å². The van der Waals surface area contributed by atoms with Gasteiger partial charge in [0, 0.05) is 12.6 Å². The van der Waals surface area contributed by atoms with Crippen molar-refractivity contribution in [1.29, 1.82) is 0 Å². The number of halogens is 1. The van der Waals surface area contributed by atoms with Gasteiger partial charge in [-0.05, 0) is 18.6 Å². The Bertz CT molecular complexity index is 681. The molecule has 0 bridgehead atoms. The third kappa shape index (κ3) is 3.85.